The maximum Gasteiger partial charge on any atom is 0.136 e. The Morgan fingerprint density at radius 1 is 1.52 bits per heavy atom. The lowest BCUT2D eigenvalue weighted by molar-refractivity contribution is -0.130. The van der Waals surface area contributed by atoms with Crippen molar-refractivity contribution in [2.75, 3.05) is 0 Å². The quantitative estimate of drug-likeness (QED) is 0.537. The lowest BCUT2D eigenvalue weighted by Crippen LogP contribution is -2.39. The highest BCUT2D eigenvalue weighted by Crippen LogP contribution is 2.57. The molecule has 0 aliphatic heterocycles. The Hall–Kier alpha value is -0.0200. The van der Waals surface area contributed by atoms with Crippen molar-refractivity contribution >= 4 is 18.7 Å². The number of rotatable bonds is 6. The molecule has 122 valence electrons. The van der Waals surface area contributed by atoms with Crippen molar-refractivity contribution in [1.82, 2.24) is 0 Å². The van der Waals surface area contributed by atoms with E-state index in [0.29, 0.717) is 36.9 Å². The molecule has 0 unspecified atom stereocenters. The zero-order valence-electron chi connectivity index (χ0n) is 19.2. The molecule has 2 fully saturated rings. The van der Waals surface area contributed by atoms with Gasteiger partial charge in [-0.05, 0) is 76.0 Å². The van der Waals surface area contributed by atoms with E-state index < -0.39 is 19.3 Å². The molecule has 0 amide bonds. The molecule has 0 aromatic rings. The molecule has 21 heavy (non-hydrogen) atoms. The highest BCUT2D eigenvalue weighted by molar-refractivity contribution is 7.75. The summed E-state index contributed by atoms with van der Waals surface area (Å²) in [5.41, 5.74) is -2.23. The molecule has 3 heteroatoms. The molecule has 2 aliphatic carbocycles. The van der Waals surface area contributed by atoms with Crippen molar-refractivity contribution in [2.45, 2.75) is 84.5 Å². The Morgan fingerprint density at radius 3 is 2.95 bits per heavy atom. The first kappa shape index (κ1) is 10.7. The summed E-state index contributed by atoms with van der Waals surface area (Å²) in [6.45, 7) is -1.20. The van der Waals surface area contributed by atoms with Crippen molar-refractivity contribution in [3.05, 3.63) is 0 Å². The summed E-state index contributed by atoms with van der Waals surface area (Å²) in [4.78, 5) is 12.3. The van der Waals surface area contributed by atoms with Crippen LogP contribution in [-0.2, 0) is 8.98 Å². The van der Waals surface area contributed by atoms with E-state index in [9.17, 15) is 4.79 Å². The highest BCUT2D eigenvalue weighted by Gasteiger charge is 2.52. The first-order chi connectivity index (χ1) is 12.3. The van der Waals surface area contributed by atoms with Crippen LogP contribution in [0.1, 0.15) is 87.1 Å². The molecule has 0 N–H and O–H groups in total. The number of thiol groups is 1. The number of hydrogen-bond acceptors (Lipinski definition) is 3. The average molecular weight is 319 g/mol. The van der Waals surface area contributed by atoms with Crippen LogP contribution >= 0.6 is 12.9 Å². The minimum atomic E-state index is -2.79. The van der Waals surface area contributed by atoms with Crippen LogP contribution in [0.3, 0.4) is 0 Å². The average Bonchev–Trinajstić information content (AvgIpc) is 2.87. The molecule has 0 aromatic heterocycles. The molecule has 0 aromatic carbocycles. The summed E-state index contributed by atoms with van der Waals surface area (Å²) < 4.78 is 50.9. The second-order valence-corrected chi connectivity index (χ2v) is 7.53. The van der Waals surface area contributed by atoms with Gasteiger partial charge in [-0.25, -0.2) is 0 Å². The van der Waals surface area contributed by atoms with Crippen LogP contribution in [0.5, 0.6) is 0 Å². The third-order valence-electron chi connectivity index (χ3n) is 5.97. The van der Waals surface area contributed by atoms with Gasteiger partial charge in [-0.2, -0.15) is 0 Å². The predicted molar refractivity (Wildman–Crippen MR) is 90.3 cm³/mol. The molecule has 0 radical (unpaired) electrons. The molecule has 0 heterocycles. The Labute approximate surface area is 144 Å². The third-order valence-corrected chi connectivity index (χ3v) is 6.28. The van der Waals surface area contributed by atoms with Gasteiger partial charge in [-0.1, -0.05) is 26.7 Å². The third kappa shape index (κ3) is 3.67. The van der Waals surface area contributed by atoms with Gasteiger partial charge in [0.1, 0.15) is 5.78 Å². The molecule has 0 saturated heterocycles. The van der Waals surface area contributed by atoms with E-state index in [1.807, 2.05) is 0 Å². The summed E-state index contributed by atoms with van der Waals surface area (Å²) in [5, 5.41) is 0. The normalized spacial score (nSPS) is 40.2. The van der Waals surface area contributed by atoms with Gasteiger partial charge in [0.05, 0.1) is 5.60 Å². The van der Waals surface area contributed by atoms with Crippen molar-refractivity contribution < 1.29 is 17.2 Å². The number of fused-ring (bicyclic) bond motifs is 1. The smallest absolute Gasteiger partial charge is 0.136 e. The largest absolute Gasteiger partial charge is 0.313 e. The van der Waals surface area contributed by atoms with Crippen LogP contribution < -0.4 is 0 Å². The van der Waals surface area contributed by atoms with Crippen molar-refractivity contribution in [2.24, 2.45) is 23.2 Å². The molecule has 2 nitrogen and oxygen atoms in total. The van der Waals surface area contributed by atoms with Crippen LogP contribution in [0.4, 0.5) is 0 Å². The van der Waals surface area contributed by atoms with E-state index in [2.05, 4.69) is 26.8 Å². The van der Waals surface area contributed by atoms with E-state index in [0.717, 1.165) is 25.7 Å². The number of hydrogen-bond donors (Lipinski definition) is 1. The molecule has 0 bridgehead atoms. The molecule has 2 rings (SSSR count). The molecular formula is C18H32O2S. The number of ketones is 1. The Bertz CT molecular complexity index is 533. The fraction of sp³-hybridized carbons (Fsp3) is 0.944. The molecule has 2 saturated carbocycles. The Balaban J connectivity index is 2.05. The van der Waals surface area contributed by atoms with E-state index in [-0.39, 0.29) is 17.8 Å². The topological polar surface area (TPSA) is 26.3 Å². The minimum Gasteiger partial charge on any atom is -0.313 e. The maximum absolute atomic E-state index is 12.3. The van der Waals surface area contributed by atoms with Crippen LogP contribution in [0.2, 0.25) is 0 Å². The first-order valence-corrected chi connectivity index (χ1v) is 8.52. The maximum atomic E-state index is 12.3. The summed E-state index contributed by atoms with van der Waals surface area (Å²) >= 11 is 3.63. The number of Topliss-reactive ketones (excluding diaryl/α,β-unsaturated/α-hetero) is 1. The summed E-state index contributed by atoms with van der Waals surface area (Å²) in [6, 6.07) is 0. The second-order valence-electron chi connectivity index (χ2n) is 7.35. The number of carbonyl (C=O) groups excluding carboxylic acids is 1. The van der Waals surface area contributed by atoms with Crippen molar-refractivity contribution in [1.29, 1.82) is 0 Å². The SMILES string of the molecule is [2H]C([2H])([2H])C(CCC[C@@H](C)[C@H]1CC[C@H]2C(=O)CCC[C@]12C)(OS)C([2H])([2H])[2H]. The minimum absolute atomic E-state index is 0.0277. The van der Waals surface area contributed by atoms with E-state index >= 15 is 0 Å². The van der Waals surface area contributed by atoms with Gasteiger partial charge in [0.25, 0.3) is 0 Å². The molecule has 4 atom stereocenters. The standard InChI is InChI=1S/C18H32O2S/c1-13(7-5-11-17(2,3)20-21)14-9-10-15-16(19)8-6-12-18(14,15)4/h13-15,21H,5-12H2,1-4H3/t13-,14-,15+,18-/m1/s1/i2D3,3D3. The molecule has 0 spiro atoms. The van der Waals surface area contributed by atoms with Crippen LogP contribution in [0.25, 0.3) is 0 Å². The second kappa shape index (κ2) is 6.62. The van der Waals surface area contributed by atoms with E-state index in [1.165, 1.54) is 0 Å². The lowest BCUT2D eigenvalue weighted by atomic mass is 9.62. The van der Waals surface area contributed by atoms with Crippen molar-refractivity contribution in [3.63, 3.8) is 0 Å². The first-order valence-electron chi connectivity index (χ1n) is 11.2. The lowest BCUT2D eigenvalue weighted by Gasteiger charge is -2.42. The van der Waals surface area contributed by atoms with Gasteiger partial charge in [-0.15, -0.1) is 0 Å². The molecule has 2 aliphatic rings. The van der Waals surface area contributed by atoms with Crippen LogP contribution in [-0.4, -0.2) is 11.4 Å². The fourth-order valence-corrected chi connectivity index (χ4v) is 4.92. The Kier molecular flexibility index (Phi) is 3.37. The van der Waals surface area contributed by atoms with E-state index in [1.54, 1.807) is 0 Å². The summed E-state index contributed by atoms with van der Waals surface area (Å²) in [5.74, 6) is 1.27. The zero-order chi connectivity index (χ0) is 20.7. The van der Waals surface area contributed by atoms with Gasteiger partial charge in [-0.3, -0.25) is 4.79 Å². The van der Waals surface area contributed by atoms with Gasteiger partial charge in [0, 0.05) is 20.6 Å². The molecular weight excluding hydrogens is 280 g/mol. The number of carbonyl (C=O) groups is 1. The monoisotopic (exact) mass is 318 g/mol. The van der Waals surface area contributed by atoms with Crippen LogP contribution in [0.15, 0.2) is 0 Å². The van der Waals surface area contributed by atoms with Gasteiger partial charge < -0.3 is 4.18 Å². The summed E-state index contributed by atoms with van der Waals surface area (Å²) in [7, 11) is 0. The summed E-state index contributed by atoms with van der Waals surface area (Å²) in [6.07, 6.45) is 5.71. The van der Waals surface area contributed by atoms with Crippen molar-refractivity contribution in [3.8, 4) is 0 Å². The Morgan fingerprint density at radius 2 is 2.29 bits per heavy atom. The van der Waals surface area contributed by atoms with Gasteiger partial charge in [0.2, 0.25) is 0 Å². The van der Waals surface area contributed by atoms with E-state index in [4.69, 9.17) is 12.4 Å². The fourth-order valence-electron chi connectivity index (χ4n) is 4.82. The van der Waals surface area contributed by atoms with Crippen LogP contribution in [0, 0.1) is 23.2 Å². The predicted octanol–water partition coefficient (Wildman–Crippen LogP) is 5.22. The van der Waals surface area contributed by atoms with Gasteiger partial charge in [0.15, 0.2) is 0 Å². The highest BCUT2D eigenvalue weighted by atomic mass is 32.1. The van der Waals surface area contributed by atoms with Gasteiger partial charge >= 0.3 is 0 Å². The zero-order valence-corrected chi connectivity index (χ0v) is 14.0.